The van der Waals surface area contributed by atoms with Crippen molar-refractivity contribution in [1.29, 1.82) is 0 Å². The number of benzene rings is 2. The summed E-state index contributed by atoms with van der Waals surface area (Å²) >= 11 is 0. The molecule has 1 amide bonds. The van der Waals surface area contributed by atoms with Crippen LogP contribution in [0.4, 0.5) is 0 Å². The molecule has 2 N–H and O–H groups in total. The Morgan fingerprint density at radius 3 is 2.54 bits per heavy atom. The first-order valence-electron chi connectivity index (χ1n) is 7.49. The predicted molar refractivity (Wildman–Crippen MR) is 91.5 cm³/mol. The Bertz CT molecular complexity index is 711. The Balaban J connectivity index is 1.92. The number of amides is 1. The van der Waals surface area contributed by atoms with E-state index in [0.717, 1.165) is 11.1 Å². The fraction of sp³-hybridized carbons (Fsp3) is 0.222. The first-order chi connectivity index (χ1) is 11.6. The number of nitrogens with zero attached hydrogens (tertiary/aromatic N) is 1. The Labute approximate surface area is 140 Å². The van der Waals surface area contributed by atoms with Crippen molar-refractivity contribution in [1.82, 2.24) is 0 Å². The number of hydrogen-bond donors (Lipinski definition) is 1. The number of methoxy groups -OCH3 is 1. The Kier molecular flexibility index (Phi) is 6.19. The summed E-state index contributed by atoms with van der Waals surface area (Å²) in [5.41, 5.74) is 7.37. The highest BCUT2D eigenvalue weighted by atomic mass is 16.6. The molecule has 0 radical (unpaired) electrons. The average Bonchev–Trinajstić information content (AvgIpc) is 2.60. The van der Waals surface area contributed by atoms with Crippen molar-refractivity contribution in [3.63, 3.8) is 0 Å². The van der Waals surface area contributed by atoms with Crippen molar-refractivity contribution < 1.29 is 19.1 Å². The molecule has 0 aliphatic heterocycles. The van der Waals surface area contributed by atoms with E-state index in [2.05, 4.69) is 5.16 Å². The van der Waals surface area contributed by atoms with Crippen LogP contribution in [-0.2, 0) is 11.4 Å². The van der Waals surface area contributed by atoms with Gasteiger partial charge < -0.3 is 20.0 Å². The van der Waals surface area contributed by atoms with Gasteiger partial charge in [0.25, 0.3) is 0 Å². The molecule has 126 valence electrons. The third kappa shape index (κ3) is 4.74. The summed E-state index contributed by atoms with van der Waals surface area (Å²) < 4.78 is 10.7. The highest BCUT2D eigenvalue weighted by Crippen LogP contribution is 2.27. The molecular formula is C18H20N2O4. The van der Waals surface area contributed by atoms with E-state index in [1.807, 2.05) is 25.1 Å². The quantitative estimate of drug-likeness (QED) is 0.596. The van der Waals surface area contributed by atoms with Crippen LogP contribution < -0.4 is 15.2 Å². The van der Waals surface area contributed by atoms with Crippen molar-refractivity contribution in [3.8, 4) is 11.5 Å². The summed E-state index contributed by atoms with van der Waals surface area (Å²) in [7, 11) is 1.59. The van der Waals surface area contributed by atoms with E-state index in [4.69, 9.17) is 20.0 Å². The molecule has 0 aliphatic carbocycles. The molecule has 6 heteroatoms. The number of carbonyl (C=O) groups is 1. The molecule has 0 fully saturated rings. The number of primary amides is 1. The SMILES string of the molecule is CCOc1ccc(C=NOCc2ccc(C(N)=O)cc2)cc1OC. The first kappa shape index (κ1) is 17.3. The summed E-state index contributed by atoms with van der Waals surface area (Å²) in [6.07, 6.45) is 1.59. The molecule has 0 heterocycles. The van der Waals surface area contributed by atoms with E-state index in [9.17, 15) is 4.79 Å². The maximum atomic E-state index is 11.0. The second-order valence-corrected chi connectivity index (χ2v) is 4.91. The molecule has 6 nitrogen and oxygen atoms in total. The van der Waals surface area contributed by atoms with Crippen molar-refractivity contribution in [3.05, 3.63) is 59.2 Å². The Morgan fingerprint density at radius 1 is 1.17 bits per heavy atom. The third-order valence-corrected chi connectivity index (χ3v) is 3.23. The van der Waals surface area contributed by atoms with Gasteiger partial charge in [0.05, 0.1) is 19.9 Å². The lowest BCUT2D eigenvalue weighted by Gasteiger charge is -2.09. The number of rotatable bonds is 8. The first-order valence-corrected chi connectivity index (χ1v) is 7.49. The third-order valence-electron chi connectivity index (χ3n) is 3.23. The fourth-order valence-electron chi connectivity index (χ4n) is 2.01. The molecule has 2 aromatic carbocycles. The Morgan fingerprint density at radius 2 is 1.92 bits per heavy atom. The molecular weight excluding hydrogens is 308 g/mol. The number of ether oxygens (including phenoxy) is 2. The zero-order valence-corrected chi connectivity index (χ0v) is 13.7. The minimum absolute atomic E-state index is 0.295. The average molecular weight is 328 g/mol. The Hall–Kier alpha value is -3.02. The molecule has 0 atom stereocenters. The molecule has 0 aliphatic rings. The highest BCUT2D eigenvalue weighted by molar-refractivity contribution is 5.92. The second-order valence-electron chi connectivity index (χ2n) is 4.91. The summed E-state index contributed by atoms with van der Waals surface area (Å²) in [6, 6.07) is 12.4. The standard InChI is InChI=1S/C18H20N2O4/c1-3-23-16-9-6-14(10-17(16)22-2)11-20-24-12-13-4-7-15(8-5-13)18(19)21/h4-11H,3,12H2,1-2H3,(H2,19,21). The van der Waals surface area contributed by atoms with Crippen LogP contribution in [0.2, 0.25) is 0 Å². The summed E-state index contributed by atoms with van der Waals surface area (Å²) in [5, 5.41) is 3.93. The molecule has 0 saturated heterocycles. The van der Waals surface area contributed by atoms with Crippen molar-refractivity contribution >= 4 is 12.1 Å². The molecule has 2 rings (SSSR count). The predicted octanol–water partition coefficient (Wildman–Crippen LogP) is 2.74. The maximum absolute atomic E-state index is 11.0. The van der Waals surface area contributed by atoms with E-state index < -0.39 is 5.91 Å². The van der Waals surface area contributed by atoms with Gasteiger partial charge in [-0.1, -0.05) is 17.3 Å². The van der Waals surface area contributed by atoms with Gasteiger partial charge in [-0.25, -0.2) is 0 Å². The van der Waals surface area contributed by atoms with Crippen LogP contribution in [0.5, 0.6) is 11.5 Å². The van der Waals surface area contributed by atoms with Gasteiger partial charge in [-0.2, -0.15) is 0 Å². The van der Waals surface area contributed by atoms with Crippen molar-refractivity contribution in [2.24, 2.45) is 10.9 Å². The van der Waals surface area contributed by atoms with Gasteiger partial charge in [0.15, 0.2) is 11.5 Å². The smallest absolute Gasteiger partial charge is 0.248 e. The molecule has 24 heavy (non-hydrogen) atoms. The topological polar surface area (TPSA) is 83.1 Å². The van der Waals surface area contributed by atoms with E-state index in [1.165, 1.54) is 0 Å². The lowest BCUT2D eigenvalue weighted by molar-refractivity contribution is 0.1000. The second kappa shape index (κ2) is 8.57. The normalized spacial score (nSPS) is 10.6. The van der Waals surface area contributed by atoms with Crippen LogP contribution >= 0.6 is 0 Å². The van der Waals surface area contributed by atoms with Crippen LogP contribution in [0.3, 0.4) is 0 Å². The van der Waals surface area contributed by atoms with Crippen LogP contribution in [0.15, 0.2) is 47.6 Å². The summed E-state index contributed by atoms with van der Waals surface area (Å²) in [5.74, 6) is 0.875. The van der Waals surface area contributed by atoms with E-state index in [0.29, 0.717) is 30.3 Å². The minimum Gasteiger partial charge on any atom is -0.493 e. The van der Waals surface area contributed by atoms with Gasteiger partial charge in [-0.05, 0) is 42.8 Å². The lowest BCUT2D eigenvalue weighted by atomic mass is 10.1. The highest BCUT2D eigenvalue weighted by Gasteiger charge is 2.04. The summed E-state index contributed by atoms with van der Waals surface area (Å²) in [6.45, 7) is 2.78. The molecule has 0 aromatic heterocycles. The zero-order valence-electron chi connectivity index (χ0n) is 13.7. The van der Waals surface area contributed by atoms with E-state index in [-0.39, 0.29) is 0 Å². The van der Waals surface area contributed by atoms with Crippen LogP contribution in [0.25, 0.3) is 0 Å². The number of nitrogens with two attached hydrogens (primary N) is 1. The number of carbonyl (C=O) groups excluding carboxylic acids is 1. The minimum atomic E-state index is -0.454. The number of hydrogen-bond acceptors (Lipinski definition) is 5. The molecule has 0 spiro atoms. The van der Waals surface area contributed by atoms with Gasteiger partial charge in [0, 0.05) is 11.1 Å². The van der Waals surface area contributed by atoms with Crippen LogP contribution in [-0.4, -0.2) is 25.8 Å². The zero-order chi connectivity index (χ0) is 17.4. The van der Waals surface area contributed by atoms with E-state index >= 15 is 0 Å². The fourth-order valence-corrected chi connectivity index (χ4v) is 2.01. The van der Waals surface area contributed by atoms with Gasteiger partial charge in [0.2, 0.25) is 5.91 Å². The van der Waals surface area contributed by atoms with Gasteiger partial charge in [-0.3, -0.25) is 4.79 Å². The van der Waals surface area contributed by atoms with Crippen molar-refractivity contribution in [2.45, 2.75) is 13.5 Å². The van der Waals surface area contributed by atoms with Gasteiger partial charge in [-0.15, -0.1) is 0 Å². The lowest BCUT2D eigenvalue weighted by Crippen LogP contribution is -2.10. The monoisotopic (exact) mass is 328 g/mol. The molecule has 0 saturated carbocycles. The largest absolute Gasteiger partial charge is 0.493 e. The van der Waals surface area contributed by atoms with E-state index in [1.54, 1.807) is 37.6 Å². The molecule has 0 unspecified atom stereocenters. The number of oxime groups is 1. The van der Waals surface area contributed by atoms with Crippen LogP contribution in [0.1, 0.15) is 28.4 Å². The van der Waals surface area contributed by atoms with Gasteiger partial charge in [0.1, 0.15) is 6.61 Å². The van der Waals surface area contributed by atoms with Crippen LogP contribution in [0, 0.1) is 0 Å². The molecule has 0 bridgehead atoms. The molecule has 2 aromatic rings. The maximum Gasteiger partial charge on any atom is 0.248 e. The summed E-state index contributed by atoms with van der Waals surface area (Å²) in [4.78, 5) is 16.3. The van der Waals surface area contributed by atoms with Crippen molar-refractivity contribution in [2.75, 3.05) is 13.7 Å². The van der Waals surface area contributed by atoms with Gasteiger partial charge >= 0.3 is 0 Å².